The van der Waals surface area contributed by atoms with Gasteiger partial charge in [-0.15, -0.1) is 0 Å². The van der Waals surface area contributed by atoms with Gasteiger partial charge in [0, 0.05) is 0 Å². The van der Waals surface area contributed by atoms with Crippen LogP contribution in [-0.4, -0.2) is 22.8 Å². The third-order valence-corrected chi connectivity index (χ3v) is 2.89. The normalized spacial score (nSPS) is 17.3. The number of carboxylic acids is 1. The molecular formula is C11H9F4NO2. The smallest absolute Gasteiger partial charge is 0.411 e. The van der Waals surface area contributed by atoms with Gasteiger partial charge >= 0.3 is 12.1 Å². The summed E-state index contributed by atoms with van der Waals surface area (Å²) in [7, 11) is 0. The van der Waals surface area contributed by atoms with Crippen molar-refractivity contribution in [1.82, 2.24) is 0 Å². The highest BCUT2D eigenvalue weighted by Gasteiger charge is 2.63. The average Bonchev–Trinajstić information content (AvgIpc) is 2.97. The molecule has 0 heterocycles. The maximum Gasteiger partial charge on any atom is 0.411 e. The first-order chi connectivity index (χ1) is 8.27. The lowest BCUT2D eigenvalue weighted by atomic mass is 10.1. The lowest BCUT2D eigenvalue weighted by molar-refractivity contribution is -0.151. The van der Waals surface area contributed by atoms with E-state index in [1.165, 1.54) is 0 Å². The molecule has 1 aliphatic carbocycles. The van der Waals surface area contributed by atoms with Gasteiger partial charge in [0.05, 0.1) is 5.69 Å². The molecule has 2 rings (SSSR count). The van der Waals surface area contributed by atoms with Crippen LogP contribution in [0.1, 0.15) is 23.2 Å². The monoisotopic (exact) mass is 263 g/mol. The van der Waals surface area contributed by atoms with Crippen molar-refractivity contribution in [3.63, 3.8) is 0 Å². The predicted molar refractivity (Wildman–Crippen MR) is 55.0 cm³/mol. The van der Waals surface area contributed by atoms with Crippen LogP contribution >= 0.6 is 0 Å². The van der Waals surface area contributed by atoms with Crippen LogP contribution in [0.4, 0.5) is 23.2 Å². The van der Waals surface area contributed by atoms with E-state index in [0.29, 0.717) is 0 Å². The van der Waals surface area contributed by atoms with Gasteiger partial charge in [0.1, 0.15) is 16.9 Å². The predicted octanol–water partition coefficient (Wildman–Crippen LogP) is 3.03. The number of nitrogens with one attached hydrogen (secondary N) is 1. The summed E-state index contributed by atoms with van der Waals surface area (Å²) in [5, 5.41) is 10.9. The van der Waals surface area contributed by atoms with Crippen LogP contribution < -0.4 is 5.32 Å². The third kappa shape index (κ3) is 2.00. The van der Waals surface area contributed by atoms with Gasteiger partial charge in [-0.3, -0.25) is 0 Å². The van der Waals surface area contributed by atoms with Crippen molar-refractivity contribution in [2.45, 2.75) is 24.6 Å². The number of aromatic carboxylic acids is 1. The standard InChI is InChI=1S/C11H9F4NO2/c12-6-2-1-3-7(8(6)9(17)18)16-10(4-5-10)11(13,14)15/h1-3,16H,4-5H2,(H,17,18). The van der Waals surface area contributed by atoms with E-state index in [0.717, 1.165) is 18.2 Å². The van der Waals surface area contributed by atoms with E-state index >= 15 is 0 Å². The molecule has 0 saturated heterocycles. The molecule has 0 atom stereocenters. The Morgan fingerprint density at radius 1 is 1.33 bits per heavy atom. The Labute approximate surface area is 99.4 Å². The van der Waals surface area contributed by atoms with E-state index < -0.39 is 29.1 Å². The molecule has 1 saturated carbocycles. The molecule has 0 radical (unpaired) electrons. The summed E-state index contributed by atoms with van der Waals surface area (Å²) < 4.78 is 51.4. The Balaban J connectivity index is 2.36. The fourth-order valence-corrected chi connectivity index (χ4v) is 1.71. The number of rotatable bonds is 3. The van der Waals surface area contributed by atoms with Crippen molar-refractivity contribution < 1.29 is 27.5 Å². The van der Waals surface area contributed by atoms with Crippen molar-refractivity contribution in [2.75, 3.05) is 5.32 Å². The molecule has 1 aliphatic rings. The van der Waals surface area contributed by atoms with Crippen LogP contribution in [0.3, 0.4) is 0 Å². The van der Waals surface area contributed by atoms with Crippen LogP contribution in [0.2, 0.25) is 0 Å². The SMILES string of the molecule is O=C(O)c1c(F)cccc1NC1(C(F)(F)F)CC1. The number of halogens is 4. The number of hydrogen-bond acceptors (Lipinski definition) is 2. The van der Waals surface area contributed by atoms with Crippen LogP contribution in [0.25, 0.3) is 0 Å². The van der Waals surface area contributed by atoms with E-state index in [4.69, 9.17) is 5.11 Å². The lowest BCUT2D eigenvalue weighted by Crippen LogP contribution is -2.39. The second-order valence-electron chi connectivity index (χ2n) is 4.17. The van der Waals surface area contributed by atoms with Gasteiger partial charge in [-0.2, -0.15) is 13.2 Å². The molecule has 3 nitrogen and oxygen atoms in total. The molecule has 0 bridgehead atoms. The van der Waals surface area contributed by atoms with E-state index in [-0.39, 0.29) is 18.5 Å². The Bertz CT molecular complexity index is 494. The summed E-state index contributed by atoms with van der Waals surface area (Å²) in [5.41, 5.74) is -3.24. The molecule has 0 unspecified atom stereocenters. The fraction of sp³-hybridized carbons (Fsp3) is 0.364. The minimum absolute atomic E-state index is 0.147. The van der Waals surface area contributed by atoms with Gasteiger partial charge in [0.2, 0.25) is 0 Å². The first-order valence-corrected chi connectivity index (χ1v) is 5.13. The van der Waals surface area contributed by atoms with Crippen LogP contribution in [0.5, 0.6) is 0 Å². The van der Waals surface area contributed by atoms with Gasteiger partial charge in [0.15, 0.2) is 0 Å². The van der Waals surface area contributed by atoms with Crippen molar-refractivity contribution >= 4 is 11.7 Å². The van der Waals surface area contributed by atoms with E-state index in [1.54, 1.807) is 0 Å². The van der Waals surface area contributed by atoms with Crippen LogP contribution in [0.15, 0.2) is 18.2 Å². The second-order valence-corrected chi connectivity index (χ2v) is 4.17. The van der Waals surface area contributed by atoms with Crippen molar-refractivity contribution in [3.05, 3.63) is 29.6 Å². The van der Waals surface area contributed by atoms with E-state index in [9.17, 15) is 22.4 Å². The number of hydrogen-bond donors (Lipinski definition) is 2. The summed E-state index contributed by atoms with van der Waals surface area (Å²) in [6.45, 7) is 0. The summed E-state index contributed by atoms with van der Waals surface area (Å²) >= 11 is 0. The summed E-state index contributed by atoms with van der Waals surface area (Å²) in [5.74, 6) is -2.67. The maximum absolute atomic E-state index is 13.3. The molecular weight excluding hydrogens is 254 g/mol. The highest BCUT2D eigenvalue weighted by Crippen LogP contribution is 2.51. The Kier molecular flexibility index (Phi) is 2.71. The summed E-state index contributed by atoms with van der Waals surface area (Å²) in [6.07, 6.45) is -4.78. The minimum Gasteiger partial charge on any atom is -0.478 e. The number of carbonyl (C=O) groups is 1. The Morgan fingerprint density at radius 2 is 1.94 bits per heavy atom. The number of benzene rings is 1. The number of anilines is 1. The molecule has 1 fully saturated rings. The number of alkyl halides is 3. The molecule has 18 heavy (non-hydrogen) atoms. The van der Waals surface area contributed by atoms with Crippen molar-refractivity contribution in [2.24, 2.45) is 0 Å². The maximum atomic E-state index is 13.3. The zero-order valence-corrected chi connectivity index (χ0v) is 9.01. The zero-order chi connectivity index (χ0) is 13.6. The first-order valence-electron chi connectivity index (χ1n) is 5.13. The zero-order valence-electron chi connectivity index (χ0n) is 9.01. The van der Waals surface area contributed by atoms with E-state index in [2.05, 4.69) is 5.32 Å². The molecule has 2 N–H and O–H groups in total. The molecule has 1 aromatic rings. The van der Waals surface area contributed by atoms with Crippen molar-refractivity contribution in [1.29, 1.82) is 0 Å². The van der Waals surface area contributed by atoms with Gasteiger partial charge < -0.3 is 10.4 Å². The molecule has 7 heteroatoms. The van der Waals surface area contributed by atoms with Gasteiger partial charge in [-0.05, 0) is 25.0 Å². The summed E-state index contributed by atoms with van der Waals surface area (Å²) in [4.78, 5) is 10.8. The topological polar surface area (TPSA) is 49.3 Å². The van der Waals surface area contributed by atoms with Gasteiger partial charge in [-0.25, -0.2) is 9.18 Å². The minimum atomic E-state index is -4.49. The average molecular weight is 263 g/mol. The van der Waals surface area contributed by atoms with Gasteiger partial charge in [-0.1, -0.05) is 6.07 Å². The molecule has 0 aromatic heterocycles. The lowest BCUT2D eigenvalue weighted by Gasteiger charge is -2.22. The van der Waals surface area contributed by atoms with Crippen molar-refractivity contribution in [3.8, 4) is 0 Å². The molecule has 0 amide bonds. The quantitative estimate of drug-likeness (QED) is 0.824. The van der Waals surface area contributed by atoms with Crippen LogP contribution in [0, 0.1) is 5.82 Å². The van der Waals surface area contributed by atoms with Gasteiger partial charge in [0.25, 0.3) is 0 Å². The Hall–Kier alpha value is -1.79. The Morgan fingerprint density at radius 3 is 2.39 bits per heavy atom. The highest BCUT2D eigenvalue weighted by atomic mass is 19.4. The molecule has 0 aliphatic heterocycles. The molecule has 1 aromatic carbocycles. The third-order valence-electron chi connectivity index (χ3n) is 2.89. The second kappa shape index (κ2) is 3.86. The molecule has 98 valence electrons. The number of carboxylic acid groups (broad SMARTS) is 1. The fourth-order valence-electron chi connectivity index (χ4n) is 1.71. The highest BCUT2D eigenvalue weighted by molar-refractivity contribution is 5.94. The first kappa shape index (κ1) is 12.7. The summed E-state index contributed by atoms with van der Waals surface area (Å²) in [6, 6.07) is 3.18. The largest absolute Gasteiger partial charge is 0.478 e. The van der Waals surface area contributed by atoms with Crippen LogP contribution in [-0.2, 0) is 0 Å². The molecule has 0 spiro atoms. The van der Waals surface area contributed by atoms with E-state index in [1.807, 2.05) is 0 Å².